The topological polar surface area (TPSA) is 43.4 Å². The Morgan fingerprint density at radius 3 is 2.29 bits per heavy atom. The number of rotatable bonds is 8. The van der Waals surface area contributed by atoms with Crippen molar-refractivity contribution in [3.8, 4) is 0 Å². The van der Waals surface area contributed by atoms with E-state index >= 15 is 0 Å². The summed E-state index contributed by atoms with van der Waals surface area (Å²) in [5.41, 5.74) is 0.732. The molecule has 4 heteroatoms. The molecule has 0 saturated carbocycles. The number of carbonyl (C=O) groups is 2. The number of hydrogen-bond donors (Lipinski definition) is 0. The van der Waals surface area contributed by atoms with E-state index in [1.807, 2.05) is 52.0 Å². The van der Waals surface area contributed by atoms with Gasteiger partial charge in [-0.1, -0.05) is 26.0 Å². The molecule has 1 aromatic rings. The molecule has 0 heterocycles. The fourth-order valence-electron chi connectivity index (χ4n) is 1.72. The molecule has 0 aliphatic heterocycles. The van der Waals surface area contributed by atoms with Crippen molar-refractivity contribution in [3.05, 3.63) is 29.8 Å². The van der Waals surface area contributed by atoms with Gasteiger partial charge in [-0.2, -0.15) is 0 Å². The predicted molar refractivity (Wildman–Crippen MR) is 86.8 cm³/mol. The highest BCUT2D eigenvalue weighted by Crippen LogP contribution is 2.25. The molecule has 0 aliphatic carbocycles. The number of carbonyl (C=O) groups excluding carboxylic acids is 2. The van der Waals surface area contributed by atoms with Crippen molar-refractivity contribution in [1.82, 2.24) is 0 Å². The molecular weight excluding hydrogens is 284 g/mol. The smallest absolute Gasteiger partial charge is 0.319 e. The lowest BCUT2D eigenvalue weighted by molar-refractivity contribution is -0.147. The maximum atomic E-state index is 11.9. The number of esters is 1. The Morgan fingerprint density at radius 2 is 1.76 bits per heavy atom. The lowest BCUT2D eigenvalue weighted by atomic mass is 10.1. The van der Waals surface area contributed by atoms with Gasteiger partial charge in [0.25, 0.3) is 0 Å². The van der Waals surface area contributed by atoms with Crippen molar-refractivity contribution in [2.75, 3.05) is 0 Å². The zero-order chi connectivity index (χ0) is 15.8. The summed E-state index contributed by atoms with van der Waals surface area (Å²) in [6, 6.07) is 7.43. The van der Waals surface area contributed by atoms with Crippen LogP contribution in [0.3, 0.4) is 0 Å². The van der Waals surface area contributed by atoms with Gasteiger partial charge in [-0.3, -0.25) is 9.59 Å². The van der Waals surface area contributed by atoms with Crippen LogP contribution in [-0.4, -0.2) is 23.1 Å². The molecule has 2 unspecified atom stereocenters. The van der Waals surface area contributed by atoms with Crippen molar-refractivity contribution in [1.29, 1.82) is 0 Å². The largest absolute Gasteiger partial charge is 0.462 e. The van der Waals surface area contributed by atoms with Gasteiger partial charge in [-0.25, -0.2) is 0 Å². The third-order valence-electron chi connectivity index (χ3n) is 3.19. The number of ketones is 1. The van der Waals surface area contributed by atoms with Crippen molar-refractivity contribution in [3.63, 3.8) is 0 Å². The predicted octanol–water partition coefficient (Wildman–Crippen LogP) is 4.49. The highest BCUT2D eigenvalue weighted by molar-refractivity contribution is 8.00. The maximum Gasteiger partial charge on any atom is 0.319 e. The van der Waals surface area contributed by atoms with E-state index in [9.17, 15) is 9.59 Å². The SMILES string of the molecule is CCCC(=O)c1ccc(SC(C)C(=O)OC(C)CC)cc1. The minimum atomic E-state index is -0.254. The monoisotopic (exact) mass is 308 g/mol. The summed E-state index contributed by atoms with van der Waals surface area (Å²) in [6.45, 7) is 7.71. The molecule has 1 aromatic carbocycles. The quantitative estimate of drug-likeness (QED) is 0.403. The van der Waals surface area contributed by atoms with Crippen LogP contribution in [0.2, 0.25) is 0 Å². The Morgan fingerprint density at radius 1 is 1.14 bits per heavy atom. The van der Waals surface area contributed by atoms with E-state index in [1.165, 1.54) is 11.8 Å². The second-order valence-electron chi connectivity index (χ2n) is 5.11. The van der Waals surface area contributed by atoms with Gasteiger partial charge in [-0.15, -0.1) is 11.8 Å². The van der Waals surface area contributed by atoms with Gasteiger partial charge in [0.05, 0.1) is 6.10 Å². The lowest BCUT2D eigenvalue weighted by Crippen LogP contribution is -2.21. The zero-order valence-corrected chi connectivity index (χ0v) is 14.0. The van der Waals surface area contributed by atoms with Crippen LogP contribution in [-0.2, 0) is 9.53 Å². The van der Waals surface area contributed by atoms with Crippen LogP contribution in [0.15, 0.2) is 29.2 Å². The van der Waals surface area contributed by atoms with E-state index in [0.717, 1.165) is 23.3 Å². The summed E-state index contributed by atoms with van der Waals surface area (Å²) < 4.78 is 5.31. The molecule has 3 nitrogen and oxygen atoms in total. The summed E-state index contributed by atoms with van der Waals surface area (Å²) in [5, 5.41) is -0.254. The third-order valence-corrected chi connectivity index (χ3v) is 4.28. The molecule has 1 rings (SSSR count). The van der Waals surface area contributed by atoms with Gasteiger partial charge in [0.1, 0.15) is 5.25 Å². The number of hydrogen-bond acceptors (Lipinski definition) is 4. The van der Waals surface area contributed by atoms with Crippen LogP contribution in [0.1, 0.15) is 57.3 Å². The molecule has 0 radical (unpaired) electrons. The van der Waals surface area contributed by atoms with E-state index in [-0.39, 0.29) is 23.1 Å². The molecule has 0 aromatic heterocycles. The van der Waals surface area contributed by atoms with Crippen LogP contribution in [0, 0.1) is 0 Å². The Kier molecular flexibility index (Phi) is 7.51. The van der Waals surface area contributed by atoms with Crippen molar-refractivity contribution in [2.24, 2.45) is 0 Å². The normalized spacial score (nSPS) is 13.5. The zero-order valence-electron chi connectivity index (χ0n) is 13.2. The van der Waals surface area contributed by atoms with Crippen molar-refractivity contribution in [2.45, 2.75) is 63.2 Å². The minimum Gasteiger partial charge on any atom is -0.462 e. The first kappa shape index (κ1) is 17.8. The molecule has 2 atom stereocenters. The van der Waals surface area contributed by atoms with Gasteiger partial charge in [-0.05, 0) is 38.8 Å². The summed E-state index contributed by atoms with van der Waals surface area (Å²) in [6.07, 6.45) is 2.20. The average molecular weight is 308 g/mol. The van der Waals surface area contributed by atoms with Crippen LogP contribution in [0.5, 0.6) is 0 Å². The van der Waals surface area contributed by atoms with Crippen molar-refractivity contribution < 1.29 is 14.3 Å². The number of thioether (sulfide) groups is 1. The molecule has 21 heavy (non-hydrogen) atoms. The number of ether oxygens (including phenoxy) is 1. The fraction of sp³-hybridized carbons (Fsp3) is 0.529. The summed E-state index contributed by atoms with van der Waals surface area (Å²) in [4.78, 5) is 24.6. The molecule has 116 valence electrons. The Hall–Kier alpha value is -1.29. The second kappa shape index (κ2) is 8.88. The third kappa shape index (κ3) is 5.92. The number of Topliss-reactive ketones (excluding diaryl/α,β-unsaturated/α-hetero) is 1. The summed E-state index contributed by atoms with van der Waals surface area (Å²) >= 11 is 1.45. The van der Waals surface area contributed by atoms with Crippen LogP contribution >= 0.6 is 11.8 Å². The van der Waals surface area contributed by atoms with E-state index in [2.05, 4.69) is 0 Å². The van der Waals surface area contributed by atoms with Gasteiger partial charge < -0.3 is 4.74 Å². The fourth-order valence-corrected chi connectivity index (χ4v) is 2.57. The molecule has 0 fully saturated rings. The van der Waals surface area contributed by atoms with E-state index in [4.69, 9.17) is 4.74 Å². The van der Waals surface area contributed by atoms with Crippen LogP contribution in [0.4, 0.5) is 0 Å². The summed E-state index contributed by atoms with van der Waals surface area (Å²) in [7, 11) is 0. The van der Waals surface area contributed by atoms with E-state index in [1.54, 1.807) is 0 Å². The Balaban J connectivity index is 2.59. The van der Waals surface area contributed by atoms with Crippen LogP contribution in [0.25, 0.3) is 0 Å². The van der Waals surface area contributed by atoms with E-state index < -0.39 is 0 Å². The van der Waals surface area contributed by atoms with Gasteiger partial charge in [0.15, 0.2) is 5.78 Å². The van der Waals surface area contributed by atoms with Gasteiger partial charge >= 0.3 is 5.97 Å². The molecule has 0 bridgehead atoms. The Bertz CT molecular complexity index is 467. The first-order valence-electron chi connectivity index (χ1n) is 7.48. The lowest BCUT2D eigenvalue weighted by Gasteiger charge is -2.15. The average Bonchev–Trinajstić information content (AvgIpc) is 2.47. The first-order chi connectivity index (χ1) is 9.97. The Labute approximate surface area is 131 Å². The summed E-state index contributed by atoms with van der Waals surface area (Å²) in [5.74, 6) is -0.0289. The minimum absolute atomic E-state index is 0.0467. The van der Waals surface area contributed by atoms with Gasteiger partial charge in [0.2, 0.25) is 0 Å². The first-order valence-corrected chi connectivity index (χ1v) is 8.36. The van der Waals surface area contributed by atoms with Crippen LogP contribution < -0.4 is 0 Å². The molecule has 0 aliphatic rings. The molecule has 0 spiro atoms. The standard InChI is InChI=1S/C17H24O3S/c1-5-7-16(18)14-8-10-15(11-9-14)21-13(4)17(19)20-12(3)6-2/h8-13H,5-7H2,1-4H3. The molecule has 0 saturated heterocycles. The molecular formula is C17H24O3S. The highest BCUT2D eigenvalue weighted by atomic mass is 32.2. The maximum absolute atomic E-state index is 11.9. The highest BCUT2D eigenvalue weighted by Gasteiger charge is 2.18. The van der Waals surface area contributed by atoms with Crippen molar-refractivity contribution >= 4 is 23.5 Å². The van der Waals surface area contributed by atoms with E-state index in [0.29, 0.717) is 6.42 Å². The molecule has 0 amide bonds. The number of benzene rings is 1. The second-order valence-corrected chi connectivity index (χ2v) is 6.53. The van der Waals surface area contributed by atoms with Gasteiger partial charge in [0, 0.05) is 16.9 Å². The molecule has 0 N–H and O–H groups in total.